The van der Waals surface area contributed by atoms with Crippen LogP contribution in [-0.4, -0.2) is 22.5 Å². The van der Waals surface area contributed by atoms with Crippen LogP contribution in [0.3, 0.4) is 0 Å². The van der Waals surface area contributed by atoms with Gasteiger partial charge in [-0.1, -0.05) is 12.1 Å². The zero-order valence-electron chi connectivity index (χ0n) is 17.1. The summed E-state index contributed by atoms with van der Waals surface area (Å²) in [7, 11) is 0. The molecule has 0 atom stereocenters. The lowest BCUT2D eigenvalue weighted by Gasteiger charge is -2.12. The highest BCUT2D eigenvalue weighted by Gasteiger charge is 2.07. The number of carbonyl (C=O) groups excluding carboxylic acids is 1. The zero-order chi connectivity index (χ0) is 20.8. The minimum atomic E-state index is -0.277. The van der Waals surface area contributed by atoms with Gasteiger partial charge in [-0.25, -0.2) is 14.8 Å². The molecule has 3 rings (SSSR count). The molecule has 2 aromatic carbocycles. The summed E-state index contributed by atoms with van der Waals surface area (Å²) in [6, 6.07) is 14.9. The number of anilines is 5. The number of benzene rings is 2. The van der Waals surface area contributed by atoms with E-state index in [2.05, 4.69) is 31.2 Å². The molecule has 0 fully saturated rings. The van der Waals surface area contributed by atoms with Crippen molar-refractivity contribution in [2.45, 2.75) is 27.7 Å². The number of hydrogen-bond acceptors (Lipinski definition) is 5. The summed E-state index contributed by atoms with van der Waals surface area (Å²) < 4.78 is 0. The highest BCUT2D eigenvalue weighted by Crippen LogP contribution is 2.21. The number of urea groups is 1. The fraction of sp³-hybridized carbons (Fsp3) is 0.227. The Bertz CT molecular complexity index is 1000. The van der Waals surface area contributed by atoms with Gasteiger partial charge in [0.05, 0.1) is 0 Å². The van der Waals surface area contributed by atoms with Crippen molar-refractivity contribution in [1.82, 2.24) is 9.97 Å². The van der Waals surface area contributed by atoms with E-state index >= 15 is 0 Å². The molecule has 0 radical (unpaired) electrons. The summed E-state index contributed by atoms with van der Waals surface area (Å²) in [5, 5.41) is 12.2. The number of amides is 2. The maximum Gasteiger partial charge on any atom is 0.323 e. The van der Waals surface area contributed by atoms with Crippen LogP contribution in [0.25, 0.3) is 0 Å². The van der Waals surface area contributed by atoms with E-state index in [9.17, 15) is 4.79 Å². The van der Waals surface area contributed by atoms with Crippen LogP contribution in [0, 0.1) is 20.8 Å². The summed E-state index contributed by atoms with van der Waals surface area (Å²) >= 11 is 0. The molecule has 7 nitrogen and oxygen atoms in total. The van der Waals surface area contributed by atoms with Crippen LogP contribution >= 0.6 is 0 Å². The number of aryl methyl sites for hydroxylation is 2. The SMILES string of the molecule is CCNc1cc(Nc2ccc(NC(=O)Nc3cccc(C)c3C)cc2)nc(C)n1. The van der Waals surface area contributed by atoms with Crippen molar-refractivity contribution in [3.05, 3.63) is 65.5 Å². The lowest BCUT2D eigenvalue weighted by Crippen LogP contribution is -2.20. The molecular weight excluding hydrogens is 364 g/mol. The molecule has 150 valence electrons. The van der Waals surface area contributed by atoms with Gasteiger partial charge in [0.15, 0.2) is 0 Å². The van der Waals surface area contributed by atoms with E-state index in [0.29, 0.717) is 17.3 Å². The Morgan fingerprint density at radius 3 is 2.31 bits per heavy atom. The van der Waals surface area contributed by atoms with E-state index in [1.54, 1.807) is 0 Å². The van der Waals surface area contributed by atoms with Crippen molar-refractivity contribution in [1.29, 1.82) is 0 Å². The maximum absolute atomic E-state index is 12.3. The molecule has 0 aliphatic heterocycles. The van der Waals surface area contributed by atoms with E-state index < -0.39 is 0 Å². The third-order valence-corrected chi connectivity index (χ3v) is 4.46. The van der Waals surface area contributed by atoms with Gasteiger partial charge in [0.1, 0.15) is 17.5 Å². The number of carbonyl (C=O) groups is 1. The first-order chi connectivity index (χ1) is 13.9. The summed E-state index contributed by atoms with van der Waals surface area (Å²) in [5.74, 6) is 2.18. The fourth-order valence-corrected chi connectivity index (χ4v) is 2.86. The number of nitrogens with one attached hydrogen (secondary N) is 4. The van der Waals surface area contributed by atoms with Crippen molar-refractivity contribution in [3.63, 3.8) is 0 Å². The van der Waals surface area contributed by atoms with Gasteiger partial charge in [0.25, 0.3) is 0 Å². The minimum absolute atomic E-state index is 0.277. The first-order valence-electron chi connectivity index (χ1n) is 9.55. The molecule has 29 heavy (non-hydrogen) atoms. The van der Waals surface area contributed by atoms with Crippen molar-refractivity contribution >= 4 is 34.7 Å². The van der Waals surface area contributed by atoms with Crippen molar-refractivity contribution in [2.75, 3.05) is 27.8 Å². The molecule has 0 spiro atoms. The molecule has 1 aromatic heterocycles. The molecule has 0 saturated heterocycles. The first kappa shape index (κ1) is 20.1. The molecule has 0 unspecified atom stereocenters. The third kappa shape index (κ3) is 5.44. The van der Waals surface area contributed by atoms with Crippen molar-refractivity contribution < 1.29 is 4.79 Å². The summed E-state index contributed by atoms with van der Waals surface area (Å²) in [6.07, 6.45) is 0. The molecule has 2 amide bonds. The van der Waals surface area contributed by atoms with Gasteiger partial charge in [-0.15, -0.1) is 0 Å². The van der Waals surface area contributed by atoms with Crippen LogP contribution in [-0.2, 0) is 0 Å². The number of aromatic nitrogens is 2. The van der Waals surface area contributed by atoms with Crippen molar-refractivity contribution in [3.8, 4) is 0 Å². The molecule has 1 heterocycles. The van der Waals surface area contributed by atoms with E-state index in [1.807, 2.05) is 76.2 Å². The van der Waals surface area contributed by atoms with Crippen LogP contribution in [0.15, 0.2) is 48.5 Å². The third-order valence-electron chi connectivity index (χ3n) is 4.46. The monoisotopic (exact) mass is 390 g/mol. The average Bonchev–Trinajstić information content (AvgIpc) is 2.67. The topological polar surface area (TPSA) is 91.0 Å². The molecule has 3 aromatic rings. The average molecular weight is 390 g/mol. The Morgan fingerprint density at radius 2 is 1.59 bits per heavy atom. The highest BCUT2D eigenvalue weighted by atomic mass is 16.2. The Labute approximate surface area is 171 Å². The van der Waals surface area contributed by atoms with E-state index in [4.69, 9.17) is 0 Å². The van der Waals surface area contributed by atoms with Gasteiger partial charge in [0, 0.05) is 29.7 Å². The Morgan fingerprint density at radius 1 is 0.897 bits per heavy atom. The number of nitrogens with zero attached hydrogens (tertiary/aromatic N) is 2. The zero-order valence-corrected chi connectivity index (χ0v) is 17.1. The second kappa shape index (κ2) is 9.05. The van der Waals surface area contributed by atoms with Crippen LogP contribution in [0.4, 0.5) is 33.5 Å². The maximum atomic E-state index is 12.3. The molecule has 7 heteroatoms. The largest absolute Gasteiger partial charge is 0.370 e. The quantitative estimate of drug-likeness (QED) is 0.463. The van der Waals surface area contributed by atoms with Gasteiger partial charge in [-0.05, 0) is 69.2 Å². The minimum Gasteiger partial charge on any atom is -0.370 e. The second-order valence-electron chi connectivity index (χ2n) is 6.74. The van der Waals surface area contributed by atoms with Crippen LogP contribution in [0.5, 0.6) is 0 Å². The molecule has 0 saturated carbocycles. The van der Waals surface area contributed by atoms with Crippen LogP contribution in [0.1, 0.15) is 23.9 Å². The molecule has 4 N–H and O–H groups in total. The van der Waals surface area contributed by atoms with Gasteiger partial charge >= 0.3 is 6.03 Å². The van der Waals surface area contributed by atoms with Crippen molar-refractivity contribution in [2.24, 2.45) is 0 Å². The van der Waals surface area contributed by atoms with E-state index in [0.717, 1.165) is 34.9 Å². The predicted octanol–water partition coefficient (Wildman–Crippen LogP) is 5.22. The number of rotatable bonds is 6. The Hall–Kier alpha value is -3.61. The molecule has 0 bridgehead atoms. The van der Waals surface area contributed by atoms with E-state index in [-0.39, 0.29) is 6.03 Å². The summed E-state index contributed by atoms with van der Waals surface area (Å²) in [5.41, 5.74) is 4.56. The van der Waals surface area contributed by atoms with Crippen LogP contribution < -0.4 is 21.3 Å². The van der Waals surface area contributed by atoms with E-state index in [1.165, 1.54) is 0 Å². The summed E-state index contributed by atoms with van der Waals surface area (Å²) in [6.45, 7) is 8.67. The smallest absolute Gasteiger partial charge is 0.323 e. The van der Waals surface area contributed by atoms with Crippen LogP contribution in [0.2, 0.25) is 0 Å². The normalized spacial score (nSPS) is 10.3. The highest BCUT2D eigenvalue weighted by molar-refractivity contribution is 6.00. The van der Waals surface area contributed by atoms with Gasteiger partial charge in [-0.3, -0.25) is 0 Å². The van der Waals surface area contributed by atoms with Gasteiger partial charge in [0.2, 0.25) is 0 Å². The first-order valence-corrected chi connectivity index (χ1v) is 9.55. The van der Waals surface area contributed by atoms with Gasteiger partial charge < -0.3 is 21.3 Å². The fourth-order valence-electron chi connectivity index (χ4n) is 2.86. The molecule has 0 aliphatic rings. The standard InChI is InChI=1S/C22H26N6O/c1-5-23-20-13-21(25-16(4)24-20)26-17-9-11-18(12-10-17)27-22(29)28-19-8-6-7-14(2)15(19)3/h6-13H,5H2,1-4H3,(H2,27,28,29)(H2,23,24,25,26). The number of hydrogen-bond donors (Lipinski definition) is 4. The second-order valence-corrected chi connectivity index (χ2v) is 6.74. The summed E-state index contributed by atoms with van der Waals surface area (Å²) in [4.78, 5) is 21.0. The molecule has 0 aliphatic carbocycles. The Kier molecular flexibility index (Phi) is 6.29. The van der Waals surface area contributed by atoms with Gasteiger partial charge in [-0.2, -0.15) is 0 Å². The Balaban J connectivity index is 1.63. The predicted molar refractivity (Wildman–Crippen MR) is 119 cm³/mol. The lowest BCUT2D eigenvalue weighted by molar-refractivity contribution is 0.262. The lowest BCUT2D eigenvalue weighted by atomic mass is 10.1. The molecular formula is C22H26N6O.